The molecule has 1 heteroatoms. The van der Waals surface area contributed by atoms with E-state index >= 15 is 0 Å². The number of fused-ring (bicyclic) bond motifs is 1. The smallest absolute Gasteiger partial charge is 0.0435 e. The second-order valence-electron chi connectivity index (χ2n) is 7.48. The Morgan fingerprint density at radius 1 is 0.900 bits per heavy atom. The van der Waals surface area contributed by atoms with E-state index in [1.54, 1.807) is 16.8 Å². The summed E-state index contributed by atoms with van der Waals surface area (Å²) in [5, 5.41) is 0. The molecule has 2 aliphatic rings. The molecule has 0 radical (unpaired) electrons. The maximum absolute atomic E-state index is 2.51. The molecular formula is C19H29N. The summed E-state index contributed by atoms with van der Waals surface area (Å²) in [6, 6.07) is 7.66. The zero-order valence-electron chi connectivity index (χ0n) is 13.9. The van der Waals surface area contributed by atoms with Crippen molar-refractivity contribution >= 4 is 5.69 Å². The van der Waals surface area contributed by atoms with Gasteiger partial charge in [-0.15, -0.1) is 0 Å². The topological polar surface area (TPSA) is 3.24 Å². The van der Waals surface area contributed by atoms with Crippen LogP contribution in [0.4, 0.5) is 5.69 Å². The summed E-state index contributed by atoms with van der Waals surface area (Å²) in [7, 11) is 2.27. The van der Waals surface area contributed by atoms with Crippen molar-refractivity contribution in [3.8, 4) is 0 Å². The standard InChI is InChI=1S/C19H29N/c1-11-10-16-8-7-9-17(19(16)20(11)6)18-14(4)12(2)13(3)15(18)5/h7-9,11-15,18H,10H2,1-6H3. The van der Waals surface area contributed by atoms with Crippen LogP contribution in [0, 0.1) is 23.7 Å². The first-order valence-electron chi connectivity index (χ1n) is 8.28. The molecule has 1 aromatic carbocycles. The number of nitrogens with zero attached hydrogens (tertiary/aromatic N) is 1. The minimum atomic E-state index is 0.646. The molecule has 0 saturated heterocycles. The van der Waals surface area contributed by atoms with Crippen LogP contribution in [0.15, 0.2) is 18.2 Å². The van der Waals surface area contributed by atoms with Crippen LogP contribution in [-0.2, 0) is 6.42 Å². The van der Waals surface area contributed by atoms with E-state index in [1.165, 1.54) is 6.42 Å². The van der Waals surface area contributed by atoms with Gasteiger partial charge in [-0.1, -0.05) is 45.9 Å². The number of likely N-dealkylation sites (N-methyl/N-ethyl adjacent to an activating group) is 1. The summed E-state index contributed by atoms with van der Waals surface area (Å²) >= 11 is 0. The number of hydrogen-bond donors (Lipinski definition) is 0. The van der Waals surface area contributed by atoms with E-state index in [9.17, 15) is 0 Å². The van der Waals surface area contributed by atoms with E-state index < -0.39 is 0 Å². The predicted molar refractivity (Wildman–Crippen MR) is 87.4 cm³/mol. The first-order valence-corrected chi connectivity index (χ1v) is 8.28. The molecule has 1 heterocycles. The molecule has 3 rings (SSSR count). The molecule has 0 bridgehead atoms. The Labute approximate surface area is 124 Å². The largest absolute Gasteiger partial charge is 0.371 e. The number of hydrogen-bond acceptors (Lipinski definition) is 1. The van der Waals surface area contributed by atoms with Crippen molar-refractivity contribution in [2.45, 2.75) is 53.0 Å². The highest BCUT2D eigenvalue weighted by Gasteiger charge is 2.44. The van der Waals surface area contributed by atoms with Gasteiger partial charge in [-0.3, -0.25) is 0 Å². The second-order valence-corrected chi connectivity index (χ2v) is 7.48. The van der Waals surface area contributed by atoms with Gasteiger partial charge in [-0.25, -0.2) is 0 Å². The van der Waals surface area contributed by atoms with Crippen molar-refractivity contribution in [2.75, 3.05) is 11.9 Å². The van der Waals surface area contributed by atoms with E-state index in [4.69, 9.17) is 0 Å². The van der Waals surface area contributed by atoms with Gasteiger partial charge in [0.25, 0.3) is 0 Å². The highest BCUT2D eigenvalue weighted by atomic mass is 15.2. The highest BCUT2D eigenvalue weighted by Crippen LogP contribution is 2.53. The van der Waals surface area contributed by atoms with Crippen molar-refractivity contribution in [1.82, 2.24) is 0 Å². The van der Waals surface area contributed by atoms with E-state index in [2.05, 4.69) is 64.8 Å². The molecule has 1 aliphatic carbocycles. The molecule has 0 N–H and O–H groups in total. The highest BCUT2D eigenvalue weighted by molar-refractivity contribution is 5.65. The van der Waals surface area contributed by atoms with Gasteiger partial charge in [0.1, 0.15) is 0 Å². The van der Waals surface area contributed by atoms with Gasteiger partial charge in [-0.05, 0) is 54.1 Å². The lowest BCUT2D eigenvalue weighted by atomic mass is 9.81. The summed E-state index contributed by atoms with van der Waals surface area (Å²) in [5.74, 6) is 3.96. The lowest BCUT2D eigenvalue weighted by Crippen LogP contribution is -2.25. The molecule has 1 aromatic rings. The molecule has 1 saturated carbocycles. The van der Waals surface area contributed by atoms with Crippen LogP contribution in [0.5, 0.6) is 0 Å². The first kappa shape index (κ1) is 14.0. The predicted octanol–water partition coefficient (Wildman–Crippen LogP) is 4.71. The lowest BCUT2D eigenvalue weighted by Gasteiger charge is -2.28. The van der Waals surface area contributed by atoms with Crippen LogP contribution in [-0.4, -0.2) is 13.1 Å². The molecule has 5 atom stereocenters. The number of anilines is 1. The van der Waals surface area contributed by atoms with Crippen LogP contribution >= 0.6 is 0 Å². The molecule has 1 aliphatic heterocycles. The monoisotopic (exact) mass is 271 g/mol. The van der Waals surface area contributed by atoms with Crippen molar-refractivity contribution < 1.29 is 0 Å². The van der Waals surface area contributed by atoms with Crippen LogP contribution in [0.25, 0.3) is 0 Å². The number of para-hydroxylation sites is 1. The van der Waals surface area contributed by atoms with Crippen LogP contribution in [0.2, 0.25) is 0 Å². The molecular weight excluding hydrogens is 242 g/mol. The first-order chi connectivity index (χ1) is 9.43. The fraction of sp³-hybridized carbons (Fsp3) is 0.684. The Balaban J connectivity index is 2.07. The third-order valence-electron chi connectivity index (χ3n) is 6.66. The Morgan fingerprint density at radius 3 is 2.10 bits per heavy atom. The van der Waals surface area contributed by atoms with Crippen molar-refractivity contribution in [3.63, 3.8) is 0 Å². The summed E-state index contributed by atoms with van der Waals surface area (Å²) in [6.07, 6.45) is 1.21. The quantitative estimate of drug-likeness (QED) is 0.715. The summed E-state index contributed by atoms with van der Waals surface area (Å²) in [5.41, 5.74) is 4.72. The van der Waals surface area contributed by atoms with E-state index in [0.29, 0.717) is 6.04 Å². The number of rotatable bonds is 1. The second kappa shape index (κ2) is 4.79. The van der Waals surface area contributed by atoms with E-state index in [0.717, 1.165) is 29.6 Å². The van der Waals surface area contributed by atoms with Gasteiger partial charge in [-0.2, -0.15) is 0 Å². The molecule has 0 aromatic heterocycles. The molecule has 110 valence electrons. The van der Waals surface area contributed by atoms with Gasteiger partial charge in [0, 0.05) is 18.8 Å². The third-order valence-corrected chi connectivity index (χ3v) is 6.66. The third kappa shape index (κ3) is 1.82. The minimum absolute atomic E-state index is 0.646. The summed E-state index contributed by atoms with van der Waals surface area (Å²) in [6.45, 7) is 12.2. The molecule has 1 fully saturated rings. The molecule has 0 spiro atoms. The SMILES string of the molecule is CC1C(C)C(C)C(c2cccc3c2N(C)C(C)C3)C1C. The van der Waals surface area contributed by atoms with Crippen LogP contribution in [0.1, 0.15) is 51.7 Å². The van der Waals surface area contributed by atoms with Gasteiger partial charge < -0.3 is 4.90 Å². The van der Waals surface area contributed by atoms with Gasteiger partial charge in [0.15, 0.2) is 0 Å². The van der Waals surface area contributed by atoms with E-state index in [-0.39, 0.29) is 0 Å². The zero-order valence-corrected chi connectivity index (χ0v) is 13.9. The molecule has 20 heavy (non-hydrogen) atoms. The summed E-state index contributed by atoms with van der Waals surface area (Å²) < 4.78 is 0. The van der Waals surface area contributed by atoms with Gasteiger partial charge in [0.2, 0.25) is 0 Å². The maximum Gasteiger partial charge on any atom is 0.0435 e. The Morgan fingerprint density at radius 2 is 1.50 bits per heavy atom. The normalized spacial score (nSPS) is 40.2. The van der Waals surface area contributed by atoms with Crippen molar-refractivity contribution in [2.24, 2.45) is 23.7 Å². The molecule has 1 nitrogen and oxygen atoms in total. The molecule has 5 unspecified atom stereocenters. The van der Waals surface area contributed by atoms with Crippen LogP contribution in [0.3, 0.4) is 0 Å². The Kier molecular flexibility index (Phi) is 3.35. The fourth-order valence-electron chi connectivity index (χ4n) is 4.81. The number of benzene rings is 1. The zero-order chi connectivity index (χ0) is 14.6. The lowest BCUT2D eigenvalue weighted by molar-refractivity contribution is 0.352. The van der Waals surface area contributed by atoms with Gasteiger partial charge in [0.05, 0.1) is 0 Å². The average molecular weight is 271 g/mol. The Bertz CT molecular complexity index is 492. The fourth-order valence-corrected chi connectivity index (χ4v) is 4.81. The Hall–Kier alpha value is -0.980. The maximum atomic E-state index is 2.51. The van der Waals surface area contributed by atoms with Gasteiger partial charge >= 0.3 is 0 Å². The minimum Gasteiger partial charge on any atom is -0.371 e. The van der Waals surface area contributed by atoms with Crippen molar-refractivity contribution in [1.29, 1.82) is 0 Å². The van der Waals surface area contributed by atoms with Crippen molar-refractivity contribution in [3.05, 3.63) is 29.3 Å². The molecule has 0 amide bonds. The van der Waals surface area contributed by atoms with Crippen LogP contribution < -0.4 is 4.90 Å². The summed E-state index contributed by atoms with van der Waals surface area (Å²) in [4.78, 5) is 2.51. The van der Waals surface area contributed by atoms with E-state index in [1.807, 2.05) is 0 Å². The average Bonchev–Trinajstić information content (AvgIpc) is 2.81.